The number of amides is 2. The van der Waals surface area contributed by atoms with E-state index in [2.05, 4.69) is 5.10 Å². The molecule has 0 unspecified atom stereocenters. The number of hydrogen-bond acceptors (Lipinski definition) is 5. The average molecular weight is 414 g/mol. The number of hydrazone groups is 1. The minimum atomic E-state index is -0.402. The van der Waals surface area contributed by atoms with Crippen LogP contribution in [0.5, 0.6) is 11.5 Å². The molecule has 31 heavy (non-hydrogen) atoms. The molecule has 6 nitrogen and oxygen atoms in total. The molecule has 2 aliphatic rings. The Morgan fingerprint density at radius 2 is 1.45 bits per heavy atom. The van der Waals surface area contributed by atoms with Gasteiger partial charge in [0.1, 0.15) is 0 Å². The van der Waals surface area contributed by atoms with Crippen LogP contribution in [0.15, 0.2) is 47.6 Å². The summed E-state index contributed by atoms with van der Waals surface area (Å²) >= 11 is 0. The lowest BCUT2D eigenvalue weighted by molar-refractivity contribution is 0.0616. The number of carbonyl (C=O) groups excluding carboxylic acids is 2. The lowest BCUT2D eigenvalue weighted by Crippen LogP contribution is -2.36. The summed E-state index contributed by atoms with van der Waals surface area (Å²) in [5.74, 6) is 0.433. The van der Waals surface area contributed by atoms with Crippen molar-refractivity contribution in [1.82, 2.24) is 5.01 Å². The Bertz CT molecular complexity index is 1200. The van der Waals surface area contributed by atoms with Gasteiger partial charge in [0.05, 0.1) is 30.6 Å². The topological polar surface area (TPSA) is 68.2 Å². The van der Waals surface area contributed by atoms with Crippen LogP contribution in [0.3, 0.4) is 0 Å². The molecule has 156 valence electrons. The summed E-state index contributed by atoms with van der Waals surface area (Å²) < 4.78 is 11.2. The van der Waals surface area contributed by atoms with Crippen LogP contribution in [-0.2, 0) is 12.8 Å². The fraction of sp³-hybridized carbons (Fsp3) is 0.240. The molecule has 3 aromatic rings. The highest BCUT2D eigenvalue weighted by Crippen LogP contribution is 2.38. The quantitative estimate of drug-likeness (QED) is 0.444. The third-order valence-corrected chi connectivity index (χ3v) is 5.73. The molecule has 3 aromatic carbocycles. The summed E-state index contributed by atoms with van der Waals surface area (Å²) in [5, 5.41) is 7.04. The second kappa shape index (κ2) is 7.54. The molecule has 0 saturated heterocycles. The standard InChI is InChI=1S/C25H22N2O4/c1-3-30-20-12-5-15(13-21(20)31-4-2)14-26-27-24(28)18-10-8-16-6-7-17-9-11-19(25(27)29)23(18)22(16)17/h5,8-14H,3-4,6-7H2,1-2H3/b26-14-. The van der Waals surface area contributed by atoms with Crippen molar-refractivity contribution in [3.05, 3.63) is 70.3 Å². The Hall–Kier alpha value is -3.67. The number of rotatable bonds is 6. The first-order valence-electron chi connectivity index (χ1n) is 10.5. The van der Waals surface area contributed by atoms with E-state index in [4.69, 9.17) is 9.47 Å². The molecule has 0 atom stereocenters. The van der Waals surface area contributed by atoms with Crippen LogP contribution < -0.4 is 9.47 Å². The van der Waals surface area contributed by atoms with Gasteiger partial charge in [-0.05, 0) is 79.1 Å². The van der Waals surface area contributed by atoms with Crippen LogP contribution in [0.4, 0.5) is 0 Å². The summed E-state index contributed by atoms with van der Waals surface area (Å²) in [5.41, 5.74) is 4.15. The van der Waals surface area contributed by atoms with Crippen molar-refractivity contribution in [3.8, 4) is 11.5 Å². The van der Waals surface area contributed by atoms with Crippen LogP contribution in [-0.4, -0.2) is 36.3 Å². The van der Waals surface area contributed by atoms with Gasteiger partial charge in [-0.25, -0.2) is 0 Å². The number of carbonyl (C=O) groups is 2. The smallest absolute Gasteiger partial charge is 0.282 e. The maximum Gasteiger partial charge on any atom is 0.282 e. The number of aryl methyl sites for hydroxylation is 2. The summed E-state index contributed by atoms with van der Waals surface area (Å²) in [6, 6.07) is 13.0. The molecular weight excluding hydrogens is 392 g/mol. The lowest BCUT2D eigenvalue weighted by Gasteiger charge is -2.23. The highest BCUT2D eigenvalue weighted by atomic mass is 16.5. The van der Waals surface area contributed by atoms with E-state index in [1.165, 1.54) is 17.3 Å². The van der Waals surface area contributed by atoms with Crippen LogP contribution in [0.1, 0.15) is 51.3 Å². The van der Waals surface area contributed by atoms with E-state index >= 15 is 0 Å². The van der Waals surface area contributed by atoms with Gasteiger partial charge < -0.3 is 9.47 Å². The maximum absolute atomic E-state index is 13.1. The van der Waals surface area contributed by atoms with Gasteiger partial charge in [-0.1, -0.05) is 12.1 Å². The fourth-order valence-corrected chi connectivity index (χ4v) is 4.38. The van der Waals surface area contributed by atoms with Crippen molar-refractivity contribution < 1.29 is 19.1 Å². The van der Waals surface area contributed by atoms with Crippen molar-refractivity contribution in [2.24, 2.45) is 5.10 Å². The Labute approximate surface area is 180 Å². The van der Waals surface area contributed by atoms with Crippen LogP contribution in [0.2, 0.25) is 0 Å². The zero-order chi connectivity index (χ0) is 21.5. The molecule has 0 bridgehead atoms. The Kier molecular flexibility index (Phi) is 4.70. The number of hydrogen-bond donors (Lipinski definition) is 0. The zero-order valence-electron chi connectivity index (χ0n) is 17.5. The SMILES string of the molecule is CCOc1ccc(/C=N\N2C(=O)c3ccc4c5c(ccc(c35)C2=O)CC4)cc1OCC. The number of ether oxygens (including phenoxy) is 2. The minimum Gasteiger partial charge on any atom is -0.490 e. The van der Waals surface area contributed by atoms with Crippen molar-refractivity contribution in [3.63, 3.8) is 0 Å². The first-order chi connectivity index (χ1) is 15.1. The average Bonchev–Trinajstić information content (AvgIpc) is 3.20. The molecule has 0 aromatic heterocycles. The van der Waals surface area contributed by atoms with Gasteiger partial charge in [-0.2, -0.15) is 10.1 Å². The summed E-state index contributed by atoms with van der Waals surface area (Å²) in [4.78, 5) is 26.3. The molecule has 1 aliphatic heterocycles. The number of benzene rings is 3. The molecule has 0 spiro atoms. The highest BCUT2D eigenvalue weighted by molar-refractivity contribution is 6.26. The molecular formula is C25H22N2O4. The first kappa shape index (κ1) is 19.3. The lowest BCUT2D eigenvalue weighted by atomic mass is 9.92. The number of imide groups is 1. The van der Waals surface area contributed by atoms with E-state index in [-0.39, 0.29) is 0 Å². The van der Waals surface area contributed by atoms with Gasteiger partial charge >= 0.3 is 0 Å². The highest BCUT2D eigenvalue weighted by Gasteiger charge is 2.35. The zero-order valence-corrected chi connectivity index (χ0v) is 17.5. The third-order valence-electron chi connectivity index (χ3n) is 5.73. The molecule has 0 N–H and O–H groups in total. The van der Waals surface area contributed by atoms with Gasteiger partial charge in [0.25, 0.3) is 11.8 Å². The predicted molar refractivity (Wildman–Crippen MR) is 118 cm³/mol. The second-order valence-electron chi connectivity index (χ2n) is 7.53. The van der Waals surface area contributed by atoms with E-state index < -0.39 is 11.8 Å². The molecule has 0 fully saturated rings. The predicted octanol–water partition coefficient (Wildman–Crippen LogP) is 4.37. The van der Waals surface area contributed by atoms with E-state index in [1.807, 2.05) is 44.2 Å². The van der Waals surface area contributed by atoms with E-state index in [9.17, 15) is 9.59 Å². The summed E-state index contributed by atoms with van der Waals surface area (Å²) in [6.07, 6.45) is 3.39. The van der Waals surface area contributed by atoms with Gasteiger partial charge in [-0.15, -0.1) is 0 Å². The summed E-state index contributed by atoms with van der Waals surface area (Å²) in [7, 11) is 0. The van der Waals surface area contributed by atoms with Crippen molar-refractivity contribution in [1.29, 1.82) is 0 Å². The Morgan fingerprint density at radius 1 is 0.839 bits per heavy atom. The monoisotopic (exact) mass is 414 g/mol. The van der Waals surface area contributed by atoms with Crippen LogP contribution in [0.25, 0.3) is 10.8 Å². The van der Waals surface area contributed by atoms with E-state index in [0.29, 0.717) is 41.4 Å². The van der Waals surface area contributed by atoms with Crippen molar-refractivity contribution in [2.75, 3.05) is 13.2 Å². The molecule has 1 heterocycles. The Morgan fingerprint density at radius 3 is 2.06 bits per heavy atom. The van der Waals surface area contributed by atoms with Gasteiger partial charge in [0, 0.05) is 5.39 Å². The van der Waals surface area contributed by atoms with Gasteiger partial charge in [-0.3, -0.25) is 9.59 Å². The van der Waals surface area contributed by atoms with Gasteiger partial charge in [0.2, 0.25) is 0 Å². The molecule has 2 amide bonds. The Balaban J connectivity index is 1.51. The van der Waals surface area contributed by atoms with Crippen molar-refractivity contribution >= 4 is 28.8 Å². The molecule has 0 saturated carbocycles. The van der Waals surface area contributed by atoms with E-state index in [1.54, 1.807) is 12.1 Å². The van der Waals surface area contributed by atoms with Crippen molar-refractivity contribution in [2.45, 2.75) is 26.7 Å². The largest absolute Gasteiger partial charge is 0.490 e. The van der Waals surface area contributed by atoms with Gasteiger partial charge in [0.15, 0.2) is 11.5 Å². The number of nitrogens with zero attached hydrogens (tertiary/aromatic N) is 2. The fourth-order valence-electron chi connectivity index (χ4n) is 4.38. The minimum absolute atomic E-state index is 0.402. The summed E-state index contributed by atoms with van der Waals surface area (Å²) in [6.45, 7) is 4.82. The van der Waals surface area contributed by atoms with Crippen LogP contribution in [0, 0.1) is 0 Å². The first-order valence-corrected chi connectivity index (χ1v) is 10.5. The molecule has 0 radical (unpaired) electrons. The van der Waals surface area contributed by atoms with Crippen LogP contribution >= 0.6 is 0 Å². The molecule has 5 rings (SSSR count). The third kappa shape index (κ3) is 3.06. The second-order valence-corrected chi connectivity index (χ2v) is 7.53. The molecule has 6 heteroatoms. The molecule has 1 aliphatic carbocycles. The normalized spacial score (nSPS) is 14.7. The van der Waals surface area contributed by atoms with E-state index in [0.717, 1.165) is 28.6 Å². The maximum atomic E-state index is 13.1.